The monoisotopic (exact) mass is 325 g/mol. The molecule has 0 heterocycles. The van der Waals surface area contributed by atoms with Crippen LogP contribution in [0.25, 0.3) is 6.08 Å². The first kappa shape index (κ1) is 17.3. The van der Waals surface area contributed by atoms with E-state index < -0.39 is 11.9 Å². The van der Waals surface area contributed by atoms with Crippen LogP contribution in [-0.4, -0.2) is 17.0 Å². The number of carboxylic acid groups (broad SMARTS) is 1. The molecule has 0 aliphatic heterocycles. The molecule has 0 saturated carbocycles. The maximum Gasteiger partial charge on any atom is 0.352 e. The minimum absolute atomic E-state index is 0.182. The number of carboxylic acids is 1. The maximum atomic E-state index is 11.2. The van der Waals surface area contributed by atoms with Crippen molar-refractivity contribution in [3.8, 4) is 5.75 Å². The van der Waals surface area contributed by atoms with Crippen LogP contribution in [0.4, 0.5) is 0 Å². The number of carbonyl (C=O) groups excluding carboxylic acids is 1. The molecule has 0 unspecified atom stereocenters. The van der Waals surface area contributed by atoms with Crippen LogP contribution >= 0.6 is 0 Å². The molecule has 24 heavy (non-hydrogen) atoms. The van der Waals surface area contributed by atoms with E-state index in [-0.39, 0.29) is 5.70 Å². The minimum atomic E-state index is -1.20. The van der Waals surface area contributed by atoms with Crippen molar-refractivity contribution in [1.82, 2.24) is 5.32 Å². The summed E-state index contributed by atoms with van der Waals surface area (Å²) in [5.74, 6) is -1.01. The van der Waals surface area contributed by atoms with E-state index in [1.165, 1.54) is 13.0 Å². The number of hydrogen-bond acceptors (Lipinski definition) is 3. The second kappa shape index (κ2) is 7.97. The van der Waals surface area contributed by atoms with Gasteiger partial charge < -0.3 is 15.2 Å². The van der Waals surface area contributed by atoms with Gasteiger partial charge in [-0.25, -0.2) is 4.79 Å². The Kier molecular flexibility index (Phi) is 5.73. The highest BCUT2D eigenvalue weighted by Gasteiger charge is 2.09. The Hall–Kier alpha value is -3.08. The van der Waals surface area contributed by atoms with Crippen LogP contribution in [0.15, 0.2) is 54.2 Å². The van der Waals surface area contributed by atoms with E-state index in [1.807, 2.05) is 31.2 Å². The summed E-state index contributed by atoms with van der Waals surface area (Å²) in [6.07, 6.45) is 1.39. The van der Waals surface area contributed by atoms with E-state index in [0.29, 0.717) is 17.9 Å². The van der Waals surface area contributed by atoms with Crippen LogP contribution in [0, 0.1) is 6.92 Å². The minimum Gasteiger partial charge on any atom is -0.489 e. The average molecular weight is 325 g/mol. The highest BCUT2D eigenvalue weighted by Crippen LogP contribution is 2.18. The third-order valence-electron chi connectivity index (χ3n) is 3.37. The summed E-state index contributed by atoms with van der Waals surface area (Å²) in [7, 11) is 0. The number of nitrogens with one attached hydrogen (secondary N) is 1. The molecule has 0 saturated heterocycles. The molecule has 0 spiro atoms. The molecule has 2 aromatic rings. The molecule has 0 aliphatic rings. The van der Waals surface area contributed by atoms with Crippen molar-refractivity contribution in [3.05, 3.63) is 70.9 Å². The molecule has 0 radical (unpaired) electrons. The fraction of sp³-hybridized carbons (Fsp3) is 0.158. The van der Waals surface area contributed by atoms with E-state index >= 15 is 0 Å². The zero-order valence-corrected chi connectivity index (χ0v) is 13.6. The van der Waals surface area contributed by atoms with Crippen molar-refractivity contribution in [1.29, 1.82) is 0 Å². The Morgan fingerprint density at radius 1 is 1.17 bits per heavy atom. The van der Waals surface area contributed by atoms with Crippen molar-refractivity contribution in [2.45, 2.75) is 20.5 Å². The number of aliphatic carboxylic acids is 1. The summed E-state index contributed by atoms with van der Waals surface area (Å²) in [4.78, 5) is 22.2. The van der Waals surface area contributed by atoms with Gasteiger partial charge in [-0.1, -0.05) is 36.4 Å². The molecule has 5 nitrogen and oxygen atoms in total. The predicted molar refractivity (Wildman–Crippen MR) is 91.4 cm³/mol. The van der Waals surface area contributed by atoms with Gasteiger partial charge in [-0.2, -0.15) is 0 Å². The van der Waals surface area contributed by atoms with E-state index in [4.69, 9.17) is 9.84 Å². The van der Waals surface area contributed by atoms with Gasteiger partial charge in [0.15, 0.2) is 0 Å². The van der Waals surface area contributed by atoms with E-state index in [9.17, 15) is 9.59 Å². The first-order chi connectivity index (χ1) is 11.5. The Morgan fingerprint density at radius 2 is 1.92 bits per heavy atom. The molecule has 0 aromatic heterocycles. The van der Waals surface area contributed by atoms with Crippen LogP contribution in [0.5, 0.6) is 5.75 Å². The second-order valence-electron chi connectivity index (χ2n) is 5.33. The van der Waals surface area contributed by atoms with Gasteiger partial charge in [0.05, 0.1) is 0 Å². The normalized spacial score (nSPS) is 11.0. The van der Waals surface area contributed by atoms with Gasteiger partial charge in [-0.3, -0.25) is 4.79 Å². The van der Waals surface area contributed by atoms with Crippen LogP contribution in [0.1, 0.15) is 23.6 Å². The summed E-state index contributed by atoms with van der Waals surface area (Å²) >= 11 is 0. The zero-order valence-electron chi connectivity index (χ0n) is 13.6. The van der Waals surface area contributed by atoms with Gasteiger partial charge >= 0.3 is 5.97 Å². The van der Waals surface area contributed by atoms with Gasteiger partial charge in [-0.15, -0.1) is 0 Å². The van der Waals surface area contributed by atoms with Gasteiger partial charge in [-0.05, 0) is 41.8 Å². The number of ether oxygens (including phenoxy) is 1. The summed E-state index contributed by atoms with van der Waals surface area (Å²) in [6, 6.07) is 15.0. The fourth-order valence-corrected chi connectivity index (χ4v) is 2.13. The Morgan fingerprint density at radius 3 is 2.58 bits per heavy atom. The number of hydrogen-bond donors (Lipinski definition) is 2. The SMILES string of the molecule is CC(=O)N/C(=C/c1cccc(OCc2ccccc2C)c1)C(=O)O. The highest BCUT2D eigenvalue weighted by atomic mass is 16.5. The molecular weight excluding hydrogens is 306 g/mol. The quantitative estimate of drug-likeness (QED) is 0.800. The fourth-order valence-electron chi connectivity index (χ4n) is 2.13. The van der Waals surface area contributed by atoms with Gasteiger partial charge in [0.25, 0.3) is 0 Å². The van der Waals surface area contributed by atoms with E-state index in [0.717, 1.165) is 11.1 Å². The number of carbonyl (C=O) groups is 2. The predicted octanol–water partition coefficient (Wildman–Crippen LogP) is 3.14. The first-order valence-corrected chi connectivity index (χ1v) is 7.45. The van der Waals surface area contributed by atoms with Crippen LogP contribution < -0.4 is 10.1 Å². The smallest absolute Gasteiger partial charge is 0.352 e. The first-order valence-electron chi connectivity index (χ1n) is 7.45. The largest absolute Gasteiger partial charge is 0.489 e. The highest BCUT2D eigenvalue weighted by molar-refractivity contribution is 5.96. The van der Waals surface area contributed by atoms with Crippen LogP contribution in [0.3, 0.4) is 0 Å². The molecule has 2 N–H and O–H groups in total. The summed E-state index contributed by atoms with van der Waals surface area (Å²) < 4.78 is 5.77. The van der Waals surface area contributed by atoms with Crippen molar-refractivity contribution >= 4 is 18.0 Å². The molecule has 0 atom stereocenters. The Labute approximate surface area is 140 Å². The molecule has 124 valence electrons. The standard InChI is InChI=1S/C19H19NO4/c1-13-6-3-4-8-16(13)12-24-17-9-5-7-15(10-17)11-18(19(22)23)20-14(2)21/h3-11H,12H2,1-2H3,(H,20,21)(H,22,23)/b18-11+. The molecule has 1 amide bonds. The summed E-state index contributed by atoms with van der Waals surface area (Å²) in [6.45, 7) is 3.71. The number of benzene rings is 2. The van der Waals surface area contributed by atoms with Gasteiger partial charge in [0, 0.05) is 6.92 Å². The Balaban J connectivity index is 2.15. The molecular formula is C19H19NO4. The topological polar surface area (TPSA) is 75.6 Å². The van der Waals surface area contributed by atoms with Crippen molar-refractivity contribution < 1.29 is 19.4 Å². The van der Waals surface area contributed by atoms with Gasteiger partial charge in [0.1, 0.15) is 18.1 Å². The van der Waals surface area contributed by atoms with Gasteiger partial charge in [0.2, 0.25) is 5.91 Å². The van der Waals surface area contributed by atoms with E-state index in [1.54, 1.807) is 24.3 Å². The zero-order chi connectivity index (χ0) is 17.5. The number of aryl methyl sites for hydroxylation is 1. The second-order valence-corrected chi connectivity index (χ2v) is 5.33. The molecule has 0 fully saturated rings. The lowest BCUT2D eigenvalue weighted by Crippen LogP contribution is -2.24. The van der Waals surface area contributed by atoms with Crippen molar-refractivity contribution in [3.63, 3.8) is 0 Å². The lowest BCUT2D eigenvalue weighted by atomic mass is 10.1. The molecule has 2 aromatic carbocycles. The molecule has 5 heteroatoms. The average Bonchev–Trinajstić information content (AvgIpc) is 2.53. The number of amides is 1. The lowest BCUT2D eigenvalue weighted by Gasteiger charge is -2.09. The lowest BCUT2D eigenvalue weighted by molar-refractivity contribution is -0.134. The van der Waals surface area contributed by atoms with Crippen molar-refractivity contribution in [2.24, 2.45) is 0 Å². The third-order valence-corrected chi connectivity index (χ3v) is 3.37. The molecule has 0 aliphatic carbocycles. The third kappa shape index (κ3) is 4.98. The van der Waals surface area contributed by atoms with E-state index in [2.05, 4.69) is 5.32 Å². The van der Waals surface area contributed by atoms with Crippen molar-refractivity contribution in [2.75, 3.05) is 0 Å². The molecule has 2 rings (SSSR count). The van der Waals surface area contributed by atoms with Crippen LogP contribution in [-0.2, 0) is 16.2 Å². The summed E-state index contributed by atoms with van der Waals surface area (Å²) in [5, 5.41) is 11.4. The summed E-state index contributed by atoms with van der Waals surface area (Å²) in [5.41, 5.74) is 2.68. The molecule has 0 bridgehead atoms. The number of rotatable bonds is 6. The Bertz CT molecular complexity index is 780. The van der Waals surface area contributed by atoms with Crippen LogP contribution in [0.2, 0.25) is 0 Å². The maximum absolute atomic E-state index is 11.2.